The summed E-state index contributed by atoms with van der Waals surface area (Å²) in [5.41, 5.74) is 5.16. The van der Waals surface area contributed by atoms with Crippen LogP contribution in [-0.4, -0.2) is 53.5 Å². The Morgan fingerprint density at radius 3 is 2.39 bits per heavy atom. The van der Waals surface area contributed by atoms with Gasteiger partial charge in [0.05, 0.1) is 5.69 Å². The van der Waals surface area contributed by atoms with Gasteiger partial charge in [0, 0.05) is 30.3 Å². The fraction of sp³-hybridized carbons (Fsp3) is 0.310. The zero-order valence-corrected chi connectivity index (χ0v) is 21.8. The minimum absolute atomic E-state index is 0.160. The Hall–Kier alpha value is -4.40. The highest BCUT2D eigenvalue weighted by atomic mass is 16.4. The molecule has 0 unspecified atom stereocenters. The molecule has 0 radical (unpaired) electrons. The van der Waals surface area contributed by atoms with Crippen LogP contribution in [0.25, 0.3) is 33.8 Å². The van der Waals surface area contributed by atoms with Gasteiger partial charge in [0.15, 0.2) is 0 Å². The molecule has 2 N–H and O–H groups in total. The average molecular weight is 513 g/mol. The van der Waals surface area contributed by atoms with Crippen molar-refractivity contribution in [3.05, 3.63) is 72.4 Å². The lowest BCUT2D eigenvalue weighted by molar-refractivity contribution is -0.153. The van der Waals surface area contributed by atoms with Crippen molar-refractivity contribution in [1.82, 2.24) is 30.5 Å². The van der Waals surface area contributed by atoms with Crippen LogP contribution in [0.5, 0.6) is 0 Å². The lowest BCUT2D eigenvalue weighted by atomic mass is 9.96. The SMILES string of the molecule is CCCCC(=O)N(Cc1ccc(-c2cc(-c3ccccc3)ccc2-c2nn[nH]n2)nc1)[C@H](C(=O)O)C(C)C. The number of aromatic nitrogens is 5. The summed E-state index contributed by atoms with van der Waals surface area (Å²) in [7, 11) is 0. The number of hydrogen-bond acceptors (Lipinski definition) is 6. The van der Waals surface area contributed by atoms with E-state index in [4.69, 9.17) is 4.98 Å². The maximum absolute atomic E-state index is 13.0. The van der Waals surface area contributed by atoms with Crippen molar-refractivity contribution < 1.29 is 14.7 Å². The molecule has 1 amide bonds. The molecule has 0 saturated heterocycles. The Kier molecular flexibility index (Phi) is 8.58. The molecule has 9 nitrogen and oxygen atoms in total. The quantitative estimate of drug-likeness (QED) is 0.282. The van der Waals surface area contributed by atoms with Crippen molar-refractivity contribution in [1.29, 1.82) is 0 Å². The lowest BCUT2D eigenvalue weighted by Gasteiger charge is -2.31. The summed E-state index contributed by atoms with van der Waals surface area (Å²) in [5.74, 6) is -0.938. The van der Waals surface area contributed by atoms with E-state index < -0.39 is 12.0 Å². The zero-order chi connectivity index (χ0) is 27.1. The number of carboxylic acid groups (broad SMARTS) is 1. The number of carbonyl (C=O) groups excluding carboxylic acids is 1. The van der Waals surface area contributed by atoms with E-state index in [9.17, 15) is 14.7 Å². The molecule has 0 aliphatic carbocycles. The third-order valence-electron chi connectivity index (χ3n) is 6.45. The van der Waals surface area contributed by atoms with E-state index in [-0.39, 0.29) is 18.4 Å². The van der Waals surface area contributed by atoms with E-state index in [1.807, 2.05) is 81.4 Å². The van der Waals surface area contributed by atoms with Gasteiger partial charge in [-0.2, -0.15) is 5.21 Å². The van der Waals surface area contributed by atoms with Crippen LogP contribution in [0.4, 0.5) is 0 Å². The molecule has 38 heavy (non-hydrogen) atoms. The number of carbonyl (C=O) groups is 2. The predicted octanol–water partition coefficient (Wildman–Crippen LogP) is 5.22. The Balaban J connectivity index is 1.68. The van der Waals surface area contributed by atoms with Gasteiger partial charge in [-0.15, -0.1) is 10.2 Å². The summed E-state index contributed by atoms with van der Waals surface area (Å²) >= 11 is 0. The second-order valence-corrected chi connectivity index (χ2v) is 9.57. The minimum atomic E-state index is -1.00. The van der Waals surface area contributed by atoms with Gasteiger partial charge in [0.25, 0.3) is 0 Å². The zero-order valence-electron chi connectivity index (χ0n) is 21.8. The largest absolute Gasteiger partial charge is 0.480 e. The molecule has 0 fully saturated rings. The van der Waals surface area contributed by atoms with E-state index in [1.54, 1.807) is 6.20 Å². The molecule has 2 aromatic heterocycles. The maximum atomic E-state index is 13.0. The van der Waals surface area contributed by atoms with Crippen LogP contribution in [0, 0.1) is 5.92 Å². The summed E-state index contributed by atoms with van der Waals surface area (Å²) < 4.78 is 0. The molecule has 0 saturated carbocycles. The van der Waals surface area contributed by atoms with Crippen LogP contribution in [0.3, 0.4) is 0 Å². The van der Waals surface area contributed by atoms with Crippen LogP contribution in [-0.2, 0) is 16.1 Å². The first kappa shape index (κ1) is 26.7. The molecule has 196 valence electrons. The maximum Gasteiger partial charge on any atom is 0.326 e. The van der Waals surface area contributed by atoms with Crippen molar-refractivity contribution in [3.63, 3.8) is 0 Å². The molecule has 0 aliphatic rings. The Bertz CT molecular complexity index is 1360. The van der Waals surface area contributed by atoms with Crippen molar-refractivity contribution >= 4 is 11.9 Å². The van der Waals surface area contributed by atoms with Gasteiger partial charge in [0.1, 0.15) is 6.04 Å². The second-order valence-electron chi connectivity index (χ2n) is 9.57. The fourth-order valence-corrected chi connectivity index (χ4v) is 4.50. The first-order valence-electron chi connectivity index (χ1n) is 12.8. The number of amides is 1. The Labute approximate surface area is 221 Å². The lowest BCUT2D eigenvalue weighted by Crippen LogP contribution is -2.47. The molecule has 0 spiro atoms. The number of aliphatic carboxylic acids is 1. The smallest absolute Gasteiger partial charge is 0.326 e. The fourth-order valence-electron chi connectivity index (χ4n) is 4.50. The van der Waals surface area contributed by atoms with Crippen LogP contribution >= 0.6 is 0 Å². The summed E-state index contributed by atoms with van der Waals surface area (Å²) in [4.78, 5) is 31.3. The highest BCUT2D eigenvalue weighted by Crippen LogP contribution is 2.33. The molecular weight excluding hydrogens is 480 g/mol. The van der Waals surface area contributed by atoms with Crippen LogP contribution in [0.2, 0.25) is 0 Å². The number of H-pyrrole nitrogens is 1. The standard InChI is InChI=1S/C29H32N6O3/c1-4-5-11-26(36)35(27(19(2)3)29(37)38)18-20-12-15-25(30-17-20)24-16-22(21-9-7-6-8-10-21)13-14-23(24)28-31-33-34-32-28/h6-10,12-17,19,27H,4-5,11,18H2,1-3H3,(H,37,38)(H,31,32,33,34)/t27-/m0/s1. The molecule has 2 heterocycles. The average Bonchev–Trinajstić information content (AvgIpc) is 3.46. The van der Waals surface area contributed by atoms with Crippen LogP contribution in [0.1, 0.15) is 45.6 Å². The number of unbranched alkanes of at least 4 members (excludes halogenated alkanes) is 1. The van der Waals surface area contributed by atoms with Gasteiger partial charge in [-0.05, 0) is 52.4 Å². The number of pyridine rings is 1. The van der Waals surface area contributed by atoms with E-state index >= 15 is 0 Å². The third kappa shape index (κ3) is 6.11. The van der Waals surface area contributed by atoms with Crippen molar-refractivity contribution in [3.8, 4) is 33.8 Å². The normalized spacial score (nSPS) is 11.9. The predicted molar refractivity (Wildman–Crippen MR) is 145 cm³/mol. The Morgan fingerprint density at radius 1 is 1.00 bits per heavy atom. The highest BCUT2D eigenvalue weighted by molar-refractivity contribution is 5.84. The first-order valence-corrected chi connectivity index (χ1v) is 12.8. The van der Waals surface area contributed by atoms with Crippen molar-refractivity contribution in [2.75, 3.05) is 0 Å². The van der Waals surface area contributed by atoms with Crippen molar-refractivity contribution in [2.45, 2.75) is 52.6 Å². The number of aromatic amines is 1. The summed E-state index contributed by atoms with van der Waals surface area (Å²) in [6.07, 6.45) is 3.59. The summed E-state index contributed by atoms with van der Waals surface area (Å²) in [6.45, 7) is 5.82. The van der Waals surface area contributed by atoms with Gasteiger partial charge >= 0.3 is 5.97 Å². The van der Waals surface area contributed by atoms with Crippen LogP contribution < -0.4 is 0 Å². The summed E-state index contributed by atoms with van der Waals surface area (Å²) in [5, 5.41) is 24.4. The topological polar surface area (TPSA) is 125 Å². The Morgan fingerprint density at radius 2 is 1.79 bits per heavy atom. The van der Waals surface area contributed by atoms with Gasteiger partial charge in [-0.25, -0.2) is 4.79 Å². The molecule has 4 aromatic rings. The molecule has 1 atom stereocenters. The van der Waals surface area contributed by atoms with Gasteiger partial charge < -0.3 is 10.0 Å². The number of benzene rings is 2. The van der Waals surface area contributed by atoms with Gasteiger partial charge in [-0.3, -0.25) is 9.78 Å². The number of nitrogens with zero attached hydrogens (tertiary/aromatic N) is 5. The molecule has 0 aliphatic heterocycles. The van der Waals surface area contributed by atoms with Crippen LogP contribution in [0.15, 0.2) is 66.9 Å². The first-order chi connectivity index (χ1) is 18.4. The third-order valence-corrected chi connectivity index (χ3v) is 6.45. The molecule has 2 aromatic carbocycles. The number of rotatable bonds is 11. The number of tetrazole rings is 1. The van der Waals surface area contributed by atoms with E-state index in [0.29, 0.717) is 24.4 Å². The van der Waals surface area contributed by atoms with E-state index in [1.165, 1.54) is 4.90 Å². The van der Waals surface area contributed by atoms with Crippen molar-refractivity contribution in [2.24, 2.45) is 5.92 Å². The minimum Gasteiger partial charge on any atom is -0.480 e. The van der Waals surface area contributed by atoms with Gasteiger partial charge in [0.2, 0.25) is 11.7 Å². The number of nitrogens with one attached hydrogen (secondary N) is 1. The van der Waals surface area contributed by atoms with Gasteiger partial charge in [-0.1, -0.05) is 69.7 Å². The molecule has 0 bridgehead atoms. The highest BCUT2D eigenvalue weighted by Gasteiger charge is 2.32. The molecule has 4 rings (SSSR count). The van der Waals surface area contributed by atoms with E-state index in [2.05, 4.69) is 20.6 Å². The number of hydrogen-bond donors (Lipinski definition) is 2. The summed E-state index contributed by atoms with van der Waals surface area (Å²) in [6, 6.07) is 18.9. The van der Waals surface area contributed by atoms with E-state index in [0.717, 1.165) is 34.2 Å². The monoisotopic (exact) mass is 512 g/mol. The number of carboxylic acids is 1. The molecule has 9 heteroatoms. The second kappa shape index (κ2) is 12.2. The molecular formula is C29H32N6O3.